The Morgan fingerprint density at radius 3 is 2.89 bits per heavy atom. The molecule has 7 heteroatoms. The molecule has 0 bridgehead atoms. The van der Waals surface area contributed by atoms with Gasteiger partial charge in [-0.25, -0.2) is 4.52 Å². The van der Waals surface area contributed by atoms with Crippen LogP contribution in [0.2, 0.25) is 0 Å². The summed E-state index contributed by atoms with van der Waals surface area (Å²) in [6, 6.07) is 7.79. The van der Waals surface area contributed by atoms with Gasteiger partial charge in [-0.3, -0.25) is 9.59 Å². The Labute approximate surface area is 163 Å². The number of aromatic nitrogens is 2. The minimum Gasteiger partial charge on any atom is -0.382 e. The fourth-order valence-electron chi connectivity index (χ4n) is 5.15. The van der Waals surface area contributed by atoms with Crippen LogP contribution in [-0.4, -0.2) is 45.0 Å². The average Bonchev–Trinajstić information content (AvgIpc) is 3.17. The molecule has 1 saturated carbocycles. The largest absolute Gasteiger partial charge is 0.382 e. The molecule has 1 fully saturated rings. The van der Waals surface area contributed by atoms with Gasteiger partial charge >= 0.3 is 0 Å². The van der Waals surface area contributed by atoms with E-state index in [9.17, 15) is 9.59 Å². The smallest absolute Gasteiger partial charge is 0.251 e. The minimum absolute atomic E-state index is 0.00182. The Morgan fingerprint density at radius 1 is 1.25 bits per heavy atom. The molecule has 2 amide bonds. The molecule has 4 heterocycles. The van der Waals surface area contributed by atoms with Crippen LogP contribution in [0.25, 0.3) is 5.52 Å². The third-order valence-corrected chi connectivity index (χ3v) is 6.27. The summed E-state index contributed by atoms with van der Waals surface area (Å²) < 4.78 is 1.88. The second kappa shape index (κ2) is 6.36. The molecule has 0 spiro atoms. The van der Waals surface area contributed by atoms with Gasteiger partial charge in [0.1, 0.15) is 6.04 Å². The summed E-state index contributed by atoms with van der Waals surface area (Å²) in [7, 11) is 0. The number of aryl methyl sites for hydroxylation is 1. The molecule has 2 aromatic rings. The number of pyridine rings is 1. The van der Waals surface area contributed by atoms with Crippen LogP contribution in [0.15, 0.2) is 35.5 Å². The van der Waals surface area contributed by atoms with Crippen molar-refractivity contribution in [1.29, 1.82) is 0 Å². The molecular weight excluding hydrogens is 354 g/mol. The lowest BCUT2D eigenvalue weighted by Gasteiger charge is -2.42. The topological polar surface area (TPSA) is 78.7 Å². The van der Waals surface area contributed by atoms with Gasteiger partial charge in [-0.05, 0) is 38.0 Å². The summed E-state index contributed by atoms with van der Waals surface area (Å²) in [6.07, 6.45) is 4.20. The Balaban J connectivity index is 1.76. The highest BCUT2D eigenvalue weighted by atomic mass is 16.2. The first kappa shape index (κ1) is 17.3. The molecule has 2 N–H and O–H groups in total. The molecule has 3 atom stereocenters. The number of fused-ring (bicyclic) bond motifs is 2. The molecule has 0 radical (unpaired) electrons. The van der Waals surface area contributed by atoms with Crippen LogP contribution >= 0.6 is 0 Å². The maximum absolute atomic E-state index is 12.9. The van der Waals surface area contributed by atoms with Crippen molar-refractivity contribution in [2.75, 3.05) is 6.54 Å². The standard InChI is InChI=1S/C21H25N5O2/c1-12-10-14-6-5-9-18(26(14)24-12)20-19-16(11-22-21(19)28)23-15-7-3-4-8-17(15)25(20)13(2)27/h5-6,9-10,15,17,20,23H,3-4,7-8,11H2,1-2H3,(H,22,28)/t15-,17-,20-/m1/s1. The first-order valence-corrected chi connectivity index (χ1v) is 10.1. The first-order valence-electron chi connectivity index (χ1n) is 10.1. The molecule has 2 aliphatic heterocycles. The molecule has 5 rings (SSSR count). The van der Waals surface area contributed by atoms with Crippen molar-refractivity contribution in [2.24, 2.45) is 0 Å². The van der Waals surface area contributed by atoms with Crippen LogP contribution in [-0.2, 0) is 9.59 Å². The van der Waals surface area contributed by atoms with Crippen LogP contribution in [0, 0.1) is 6.92 Å². The zero-order valence-corrected chi connectivity index (χ0v) is 16.2. The van der Waals surface area contributed by atoms with E-state index in [1.165, 1.54) is 0 Å². The zero-order chi connectivity index (χ0) is 19.4. The predicted octanol–water partition coefficient (Wildman–Crippen LogP) is 1.83. The number of carbonyl (C=O) groups is 2. The summed E-state index contributed by atoms with van der Waals surface area (Å²) in [6.45, 7) is 4.07. The fourth-order valence-corrected chi connectivity index (χ4v) is 5.15. The highest BCUT2D eigenvalue weighted by molar-refractivity contribution is 5.99. The molecule has 28 heavy (non-hydrogen) atoms. The van der Waals surface area contributed by atoms with Gasteiger partial charge in [-0.15, -0.1) is 0 Å². The number of rotatable bonds is 1. The van der Waals surface area contributed by atoms with E-state index in [-0.39, 0.29) is 23.9 Å². The van der Waals surface area contributed by atoms with Gasteiger partial charge in [-0.2, -0.15) is 5.10 Å². The molecule has 7 nitrogen and oxygen atoms in total. The molecule has 3 aliphatic rings. The maximum atomic E-state index is 12.9. The lowest BCUT2D eigenvalue weighted by atomic mass is 9.88. The SMILES string of the molecule is CC(=O)N1[C@@H]2CCCC[C@H]2NC2=C(C(=O)NC2)[C@H]1c1cccc2cc(C)nn12. The monoisotopic (exact) mass is 379 g/mol. The van der Waals surface area contributed by atoms with Gasteiger partial charge < -0.3 is 15.5 Å². The summed E-state index contributed by atoms with van der Waals surface area (Å²) in [5.41, 5.74) is 4.32. The van der Waals surface area contributed by atoms with Crippen LogP contribution < -0.4 is 10.6 Å². The van der Waals surface area contributed by atoms with Crippen molar-refractivity contribution in [2.45, 2.75) is 57.7 Å². The van der Waals surface area contributed by atoms with Gasteiger partial charge in [0.25, 0.3) is 5.91 Å². The number of hydrogen-bond acceptors (Lipinski definition) is 4. The van der Waals surface area contributed by atoms with E-state index in [2.05, 4.69) is 15.7 Å². The summed E-state index contributed by atoms with van der Waals surface area (Å²) in [5, 5.41) is 11.2. The highest BCUT2D eigenvalue weighted by Gasteiger charge is 2.46. The Hall–Kier alpha value is -2.83. The molecule has 146 valence electrons. The fraction of sp³-hybridized carbons (Fsp3) is 0.476. The molecule has 0 aromatic carbocycles. The van der Waals surface area contributed by atoms with E-state index in [1.807, 2.05) is 40.6 Å². The van der Waals surface area contributed by atoms with E-state index in [0.29, 0.717) is 12.1 Å². The first-order chi connectivity index (χ1) is 13.5. The van der Waals surface area contributed by atoms with Crippen molar-refractivity contribution in [3.05, 3.63) is 46.9 Å². The van der Waals surface area contributed by atoms with Gasteiger partial charge in [0.05, 0.1) is 35.1 Å². The number of nitrogens with one attached hydrogen (secondary N) is 2. The average molecular weight is 379 g/mol. The third-order valence-electron chi connectivity index (χ3n) is 6.27. The van der Waals surface area contributed by atoms with E-state index in [4.69, 9.17) is 0 Å². The second-order valence-electron chi connectivity index (χ2n) is 8.08. The van der Waals surface area contributed by atoms with Crippen molar-refractivity contribution >= 4 is 17.3 Å². The van der Waals surface area contributed by atoms with Crippen molar-refractivity contribution in [1.82, 2.24) is 25.1 Å². The molecule has 2 aromatic heterocycles. The van der Waals surface area contributed by atoms with Crippen LogP contribution in [0.4, 0.5) is 0 Å². The quantitative estimate of drug-likeness (QED) is 0.792. The van der Waals surface area contributed by atoms with Gasteiger partial charge in [0, 0.05) is 18.7 Å². The summed E-state index contributed by atoms with van der Waals surface area (Å²) in [5.74, 6) is -0.101. The molecule has 0 unspecified atom stereocenters. The van der Waals surface area contributed by atoms with Crippen LogP contribution in [0.1, 0.15) is 50.0 Å². The van der Waals surface area contributed by atoms with Crippen molar-refractivity contribution < 1.29 is 9.59 Å². The van der Waals surface area contributed by atoms with Gasteiger partial charge in [-0.1, -0.05) is 18.9 Å². The van der Waals surface area contributed by atoms with Crippen LogP contribution in [0.3, 0.4) is 0 Å². The zero-order valence-electron chi connectivity index (χ0n) is 16.2. The van der Waals surface area contributed by atoms with Crippen LogP contribution in [0.5, 0.6) is 0 Å². The second-order valence-corrected chi connectivity index (χ2v) is 8.08. The normalized spacial score (nSPS) is 27.1. The van der Waals surface area contributed by atoms with E-state index < -0.39 is 6.04 Å². The van der Waals surface area contributed by atoms with Crippen molar-refractivity contribution in [3.8, 4) is 0 Å². The molecular formula is C21H25N5O2. The minimum atomic E-state index is -0.446. The lowest BCUT2D eigenvalue weighted by molar-refractivity contribution is -0.134. The number of amides is 2. The molecule has 0 saturated heterocycles. The number of carbonyl (C=O) groups excluding carboxylic acids is 2. The Kier molecular flexibility index (Phi) is 3.92. The number of nitrogens with zero attached hydrogens (tertiary/aromatic N) is 3. The molecule has 1 aliphatic carbocycles. The lowest BCUT2D eigenvalue weighted by Crippen LogP contribution is -2.53. The predicted molar refractivity (Wildman–Crippen MR) is 104 cm³/mol. The van der Waals surface area contributed by atoms with E-state index in [0.717, 1.165) is 48.3 Å². The summed E-state index contributed by atoms with van der Waals surface area (Å²) >= 11 is 0. The van der Waals surface area contributed by atoms with E-state index >= 15 is 0 Å². The third kappa shape index (κ3) is 2.52. The van der Waals surface area contributed by atoms with Gasteiger partial charge in [0.15, 0.2) is 0 Å². The number of hydrogen-bond donors (Lipinski definition) is 2. The Morgan fingerprint density at radius 2 is 2.07 bits per heavy atom. The highest BCUT2D eigenvalue weighted by Crippen LogP contribution is 2.40. The Bertz CT molecular complexity index is 1010. The van der Waals surface area contributed by atoms with Gasteiger partial charge in [0.2, 0.25) is 5.91 Å². The maximum Gasteiger partial charge on any atom is 0.251 e. The van der Waals surface area contributed by atoms with E-state index in [1.54, 1.807) is 6.92 Å². The summed E-state index contributed by atoms with van der Waals surface area (Å²) in [4.78, 5) is 27.8. The van der Waals surface area contributed by atoms with Crippen molar-refractivity contribution in [3.63, 3.8) is 0 Å².